The molecule has 1 aromatic carbocycles. The first-order valence-corrected chi connectivity index (χ1v) is 5.60. The molecule has 1 aliphatic heterocycles. The lowest BCUT2D eigenvalue weighted by Gasteiger charge is -2.26. The lowest BCUT2D eigenvalue weighted by atomic mass is 10.1. The van der Waals surface area contributed by atoms with Crippen molar-refractivity contribution in [2.45, 2.75) is 19.0 Å². The van der Waals surface area contributed by atoms with Crippen molar-refractivity contribution in [2.24, 2.45) is 0 Å². The van der Waals surface area contributed by atoms with Crippen molar-refractivity contribution < 1.29 is 22.8 Å². The van der Waals surface area contributed by atoms with Gasteiger partial charge in [-0.25, -0.2) is 5.06 Å². The van der Waals surface area contributed by atoms with Crippen LogP contribution in [0.1, 0.15) is 28.8 Å². The van der Waals surface area contributed by atoms with E-state index in [1.54, 1.807) is 0 Å². The molecule has 1 amide bonds. The van der Waals surface area contributed by atoms with Gasteiger partial charge in [0.05, 0.1) is 12.2 Å². The second-order valence-electron chi connectivity index (χ2n) is 4.03. The molecule has 0 atom stereocenters. The van der Waals surface area contributed by atoms with Crippen LogP contribution in [0.2, 0.25) is 0 Å². The number of amides is 1. The Morgan fingerprint density at radius 3 is 2.67 bits per heavy atom. The van der Waals surface area contributed by atoms with Gasteiger partial charge < -0.3 is 0 Å². The summed E-state index contributed by atoms with van der Waals surface area (Å²) in [4.78, 5) is 17.0. The van der Waals surface area contributed by atoms with Crippen LogP contribution in [-0.2, 0) is 11.0 Å². The minimum atomic E-state index is -4.45. The molecule has 0 radical (unpaired) electrons. The molecule has 0 saturated carbocycles. The largest absolute Gasteiger partial charge is 0.416 e. The number of halogens is 3. The number of nitrogens with zero attached hydrogens (tertiary/aromatic N) is 1. The number of rotatable bonds is 1. The van der Waals surface area contributed by atoms with Gasteiger partial charge in [-0.1, -0.05) is 6.07 Å². The fourth-order valence-electron chi connectivity index (χ4n) is 1.73. The van der Waals surface area contributed by atoms with Gasteiger partial charge in [-0.3, -0.25) is 9.63 Å². The SMILES string of the molecule is O=C(c1cccc(C(F)(F)F)c1)N1CCCCO1. The predicted octanol–water partition coefficient (Wildman–Crippen LogP) is 2.87. The van der Waals surface area contributed by atoms with Crippen LogP contribution >= 0.6 is 0 Å². The molecule has 0 bridgehead atoms. The maximum atomic E-state index is 12.5. The van der Waals surface area contributed by atoms with Crippen LogP contribution < -0.4 is 0 Å². The van der Waals surface area contributed by atoms with Gasteiger partial charge >= 0.3 is 6.18 Å². The third kappa shape index (κ3) is 2.81. The van der Waals surface area contributed by atoms with E-state index in [1.165, 1.54) is 12.1 Å². The van der Waals surface area contributed by atoms with Gasteiger partial charge in [-0.15, -0.1) is 0 Å². The lowest BCUT2D eigenvalue weighted by molar-refractivity contribution is -0.144. The van der Waals surface area contributed by atoms with E-state index in [9.17, 15) is 18.0 Å². The van der Waals surface area contributed by atoms with E-state index in [-0.39, 0.29) is 5.56 Å². The maximum Gasteiger partial charge on any atom is 0.416 e. The van der Waals surface area contributed by atoms with Gasteiger partial charge in [0.2, 0.25) is 0 Å². The summed E-state index contributed by atoms with van der Waals surface area (Å²) >= 11 is 0. The molecule has 98 valence electrons. The number of hydrogen-bond donors (Lipinski definition) is 0. The summed E-state index contributed by atoms with van der Waals surface area (Å²) in [7, 11) is 0. The summed E-state index contributed by atoms with van der Waals surface area (Å²) in [6.45, 7) is 0.833. The topological polar surface area (TPSA) is 29.5 Å². The highest BCUT2D eigenvalue weighted by Crippen LogP contribution is 2.29. The quantitative estimate of drug-likeness (QED) is 0.776. The first-order valence-electron chi connectivity index (χ1n) is 5.60. The Bertz CT molecular complexity index is 439. The number of carbonyl (C=O) groups excluding carboxylic acids is 1. The van der Waals surface area contributed by atoms with Crippen LogP contribution in [0.5, 0.6) is 0 Å². The Morgan fingerprint density at radius 1 is 1.28 bits per heavy atom. The van der Waals surface area contributed by atoms with Crippen LogP contribution in [0.15, 0.2) is 24.3 Å². The fourth-order valence-corrected chi connectivity index (χ4v) is 1.73. The Morgan fingerprint density at radius 2 is 2.06 bits per heavy atom. The third-order valence-corrected chi connectivity index (χ3v) is 2.67. The highest BCUT2D eigenvalue weighted by Gasteiger charge is 2.31. The molecule has 0 unspecified atom stereocenters. The van der Waals surface area contributed by atoms with Crippen molar-refractivity contribution in [3.05, 3.63) is 35.4 Å². The second kappa shape index (κ2) is 4.97. The average Bonchev–Trinajstić information content (AvgIpc) is 2.38. The Balaban J connectivity index is 2.20. The van der Waals surface area contributed by atoms with Crippen molar-refractivity contribution in [3.8, 4) is 0 Å². The maximum absolute atomic E-state index is 12.5. The summed E-state index contributed by atoms with van der Waals surface area (Å²) in [6.07, 6.45) is -2.80. The van der Waals surface area contributed by atoms with E-state index < -0.39 is 17.6 Å². The smallest absolute Gasteiger partial charge is 0.271 e. The molecule has 1 saturated heterocycles. The highest BCUT2D eigenvalue weighted by molar-refractivity contribution is 5.93. The van der Waals surface area contributed by atoms with Crippen molar-refractivity contribution >= 4 is 5.91 Å². The third-order valence-electron chi connectivity index (χ3n) is 2.67. The molecule has 3 nitrogen and oxygen atoms in total. The van der Waals surface area contributed by atoms with E-state index in [4.69, 9.17) is 4.84 Å². The summed E-state index contributed by atoms with van der Waals surface area (Å²) in [6, 6.07) is 4.36. The molecule has 18 heavy (non-hydrogen) atoms. The molecule has 1 aromatic rings. The lowest BCUT2D eigenvalue weighted by Crippen LogP contribution is -2.35. The Labute approximate surface area is 102 Å². The first kappa shape index (κ1) is 12.9. The van der Waals surface area contributed by atoms with E-state index in [2.05, 4.69) is 0 Å². The van der Waals surface area contributed by atoms with Gasteiger partial charge in [-0.05, 0) is 31.0 Å². The molecule has 0 spiro atoms. The van der Waals surface area contributed by atoms with E-state index in [0.29, 0.717) is 13.2 Å². The van der Waals surface area contributed by atoms with Gasteiger partial charge in [0.25, 0.3) is 5.91 Å². The van der Waals surface area contributed by atoms with E-state index in [1.807, 2.05) is 0 Å². The zero-order chi connectivity index (χ0) is 13.2. The van der Waals surface area contributed by atoms with Crippen LogP contribution in [0.3, 0.4) is 0 Å². The molecule has 1 fully saturated rings. The summed E-state index contributed by atoms with van der Waals surface area (Å²) in [5.74, 6) is -0.527. The molecule has 1 aliphatic rings. The normalized spacial score (nSPS) is 16.7. The first-order chi connectivity index (χ1) is 8.48. The average molecular weight is 259 g/mol. The summed E-state index contributed by atoms with van der Waals surface area (Å²) in [5, 5.41) is 1.12. The van der Waals surface area contributed by atoms with Gasteiger partial charge in [0, 0.05) is 12.1 Å². The Kier molecular flexibility index (Phi) is 3.56. The number of hydrogen-bond acceptors (Lipinski definition) is 2. The van der Waals surface area contributed by atoms with Crippen LogP contribution in [0, 0.1) is 0 Å². The molecule has 0 aromatic heterocycles. The van der Waals surface area contributed by atoms with Gasteiger partial charge in [0.1, 0.15) is 0 Å². The van der Waals surface area contributed by atoms with Crippen LogP contribution in [0.4, 0.5) is 13.2 Å². The predicted molar refractivity (Wildman–Crippen MR) is 57.7 cm³/mol. The second-order valence-corrected chi connectivity index (χ2v) is 4.03. The number of alkyl halides is 3. The van der Waals surface area contributed by atoms with Crippen LogP contribution in [-0.4, -0.2) is 24.1 Å². The van der Waals surface area contributed by atoms with Crippen molar-refractivity contribution in [3.63, 3.8) is 0 Å². The van der Waals surface area contributed by atoms with Crippen molar-refractivity contribution in [1.82, 2.24) is 5.06 Å². The number of hydroxylamine groups is 2. The highest BCUT2D eigenvalue weighted by atomic mass is 19.4. The van der Waals surface area contributed by atoms with E-state index in [0.717, 1.165) is 30.0 Å². The molecular weight excluding hydrogens is 247 g/mol. The fraction of sp³-hybridized carbons (Fsp3) is 0.417. The molecule has 2 rings (SSSR count). The number of benzene rings is 1. The van der Waals surface area contributed by atoms with Crippen molar-refractivity contribution in [1.29, 1.82) is 0 Å². The summed E-state index contributed by atoms with van der Waals surface area (Å²) < 4.78 is 37.6. The monoisotopic (exact) mass is 259 g/mol. The molecule has 0 N–H and O–H groups in total. The standard InChI is InChI=1S/C12H12F3NO2/c13-12(14,15)10-5-3-4-9(8-10)11(17)16-6-1-2-7-18-16/h3-5,8H,1-2,6-7H2. The van der Waals surface area contributed by atoms with Crippen LogP contribution in [0.25, 0.3) is 0 Å². The minimum Gasteiger partial charge on any atom is -0.271 e. The molecule has 6 heteroatoms. The number of carbonyl (C=O) groups is 1. The van der Waals surface area contributed by atoms with Gasteiger partial charge in [-0.2, -0.15) is 13.2 Å². The Hall–Kier alpha value is -1.56. The van der Waals surface area contributed by atoms with Crippen molar-refractivity contribution in [2.75, 3.05) is 13.2 Å². The molecule has 1 heterocycles. The minimum absolute atomic E-state index is 0.00766. The zero-order valence-corrected chi connectivity index (χ0v) is 9.54. The molecule has 0 aliphatic carbocycles. The van der Waals surface area contributed by atoms with Gasteiger partial charge in [0.15, 0.2) is 0 Å². The molecular formula is C12H12F3NO2. The summed E-state index contributed by atoms with van der Waals surface area (Å²) in [5.41, 5.74) is -0.836. The zero-order valence-electron chi connectivity index (χ0n) is 9.54. The van der Waals surface area contributed by atoms with E-state index >= 15 is 0 Å².